The molecule has 0 aliphatic heterocycles. The normalized spacial score (nSPS) is 12.2. The maximum Gasteiger partial charge on any atom is 0.318 e. The molecule has 3 N–H and O–H groups in total. The summed E-state index contributed by atoms with van der Waals surface area (Å²) in [6.07, 6.45) is 0. The lowest BCUT2D eigenvalue weighted by atomic mass is 10.1. The number of nitrogens with zero attached hydrogens (tertiary/aromatic N) is 3. The number of benzene rings is 1. The van der Waals surface area contributed by atoms with Gasteiger partial charge in [0.2, 0.25) is 5.91 Å². The Morgan fingerprint density at radius 1 is 1.25 bits per heavy atom. The van der Waals surface area contributed by atoms with Crippen molar-refractivity contribution in [1.82, 2.24) is 20.1 Å². The second-order valence-corrected chi connectivity index (χ2v) is 6.66. The lowest BCUT2D eigenvalue weighted by Crippen LogP contribution is -2.42. The first-order valence-corrected chi connectivity index (χ1v) is 8.57. The quantitative estimate of drug-likeness (QED) is 0.780. The molecule has 24 heavy (non-hydrogen) atoms. The van der Waals surface area contributed by atoms with Gasteiger partial charge in [0.15, 0.2) is 11.0 Å². The Hall–Kier alpha value is -2.35. The van der Waals surface area contributed by atoms with E-state index in [9.17, 15) is 9.59 Å². The summed E-state index contributed by atoms with van der Waals surface area (Å²) >= 11 is 1.28. The molecule has 3 amide bonds. The molecular weight excluding hydrogens is 326 g/mol. The van der Waals surface area contributed by atoms with Crippen LogP contribution in [0.4, 0.5) is 4.79 Å². The van der Waals surface area contributed by atoms with E-state index in [1.807, 2.05) is 55.7 Å². The van der Waals surface area contributed by atoms with Crippen LogP contribution in [0.3, 0.4) is 0 Å². The number of thioether (sulfide) groups is 1. The zero-order valence-corrected chi connectivity index (χ0v) is 14.7. The molecule has 0 saturated carbocycles. The summed E-state index contributed by atoms with van der Waals surface area (Å²) in [4.78, 5) is 23.1. The summed E-state index contributed by atoms with van der Waals surface area (Å²) in [5.41, 5.74) is 6.01. The van der Waals surface area contributed by atoms with E-state index in [4.69, 9.17) is 5.73 Å². The molecule has 0 bridgehead atoms. The van der Waals surface area contributed by atoms with Gasteiger partial charge in [0.05, 0.1) is 5.25 Å². The van der Waals surface area contributed by atoms with Crippen LogP contribution in [0.15, 0.2) is 35.5 Å². The minimum atomic E-state index is -0.854. The van der Waals surface area contributed by atoms with E-state index in [1.165, 1.54) is 11.8 Å². The van der Waals surface area contributed by atoms with E-state index >= 15 is 0 Å². The van der Waals surface area contributed by atoms with Crippen molar-refractivity contribution in [3.05, 3.63) is 30.3 Å². The average Bonchev–Trinajstić information content (AvgIpc) is 2.95. The molecule has 1 atom stereocenters. The highest BCUT2D eigenvalue weighted by atomic mass is 32.2. The van der Waals surface area contributed by atoms with Crippen LogP contribution in [-0.4, -0.2) is 32.0 Å². The molecule has 1 aromatic carbocycles. The number of urea groups is 1. The van der Waals surface area contributed by atoms with Crippen molar-refractivity contribution in [3.8, 4) is 11.4 Å². The third-order valence-electron chi connectivity index (χ3n) is 3.41. The minimum absolute atomic E-state index is 0.00321. The maximum atomic E-state index is 12.2. The van der Waals surface area contributed by atoms with E-state index in [0.29, 0.717) is 11.7 Å². The highest BCUT2D eigenvalue weighted by Gasteiger charge is 2.27. The minimum Gasteiger partial charge on any atom is -0.351 e. The molecule has 2 aromatic rings. The van der Waals surface area contributed by atoms with Gasteiger partial charge in [0.25, 0.3) is 0 Å². The Morgan fingerprint density at radius 3 is 2.46 bits per heavy atom. The molecule has 1 aromatic heterocycles. The van der Waals surface area contributed by atoms with Crippen molar-refractivity contribution in [2.75, 3.05) is 0 Å². The molecule has 8 heteroatoms. The summed E-state index contributed by atoms with van der Waals surface area (Å²) in [6.45, 7) is 6.47. The van der Waals surface area contributed by atoms with Crippen LogP contribution in [-0.2, 0) is 11.3 Å². The van der Waals surface area contributed by atoms with E-state index in [0.717, 1.165) is 11.4 Å². The molecule has 128 valence electrons. The Labute approximate surface area is 145 Å². The van der Waals surface area contributed by atoms with Gasteiger partial charge in [-0.05, 0) is 12.8 Å². The zero-order valence-electron chi connectivity index (χ0n) is 13.9. The summed E-state index contributed by atoms with van der Waals surface area (Å²) < 4.78 is 1.95. The number of hydrogen-bond donors (Lipinski definition) is 2. The number of amides is 3. The molecule has 0 saturated heterocycles. The first-order chi connectivity index (χ1) is 11.4. The second kappa shape index (κ2) is 7.96. The van der Waals surface area contributed by atoms with Gasteiger partial charge < -0.3 is 10.3 Å². The fourth-order valence-corrected chi connectivity index (χ4v) is 3.36. The summed E-state index contributed by atoms with van der Waals surface area (Å²) in [7, 11) is 0. The van der Waals surface area contributed by atoms with Crippen molar-refractivity contribution >= 4 is 23.7 Å². The maximum absolute atomic E-state index is 12.2. The van der Waals surface area contributed by atoms with Crippen LogP contribution in [0.25, 0.3) is 11.4 Å². The van der Waals surface area contributed by atoms with Crippen LogP contribution in [0.2, 0.25) is 0 Å². The van der Waals surface area contributed by atoms with E-state index in [1.54, 1.807) is 0 Å². The van der Waals surface area contributed by atoms with Crippen LogP contribution in [0, 0.1) is 5.92 Å². The van der Waals surface area contributed by atoms with Gasteiger partial charge in [-0.25, -0.2) is 4.79 Å². The number of carbonyl (C=O) groups is 2. The number of nitrogens with two attached hydrogens (primary N) is 1. The smallest absolute Gasteiger partial charge is 0.318 e. The fourth-order valence-electron chi connectivity index (χ4n) is 2.26. The molecule has 0 aliphatic carbocycles. The molecule has 0 radical (unpaired) electrons. The van der Waals surface area contributed by atoms with Gasteiger partial charge in [-0.1, -0.05) is 55.9 Å². The molecule has 0 fully saturated rings. The molecule has 1 heterocycles. The first-order valence-electron chi connectivity index (χ1n) is 7.69. The molecule has 7 nitrogen and oxygen atoms in total. The second-order valence-electron chi connectivity index (χ2n) is 5.55. The molecule has 0 aliphatic rings. The van der Waals surface area contributed by atoms with Crippen molar-refractivity contribution in [3.63, 3.8) is 0 Å². The van der Waals surface area contributed by atoms with E-state index in [-0.39, 0.29) is 5.92 Å². The van der Waals surface area contributed by atoms with Gasteiger partial charge in [-0.2, -0.15) is 0 Å². The predicted molar refractivity (Wildman–Crippen MR) is 93.3 cm³/mol. The Kier molecular flexibility index (Phi) is 5.97. The monoisotopic (exact) mass is 347 g/mol. The van der Waals surface area contributed by atoms with Crippen molar-refractivity contribution in [2.45, 2.75) is 37.7 Å². The van der Waals surface area contributed by atoms with Gasteiger partial charge in [-0.15, -0.1) is 10.2 Å². The number of hydrogen-bond acceptors (Lipinski definition) is 5. The third kappa shape index (κ3) is 4.14. The standard InChI is InChI=1S/C16H21N5O2S/c1-4-21-13(11-8-6-5-7-9-11)19-20-16(21)24-12(10(2)3)14(22)18-15(17)23/h5-10,12H,4H2,1-3H3,(H3,17,18,22,23). The van der Waals surface area contributed by atoms with Crippen molar-refractivity contribution < 1.29 is 9.59 Å². The SMILES string of the molecule is CCn1c(SC(C(=O)NC(N)=O)C(C)C)nnc1-c1ccccc1. The van der Waals surface area contributed by atoms with Gasteiger partial charge >= 0.3 is 6.03 Å². The largest absolute Gasteiger partial charge is 0.351 e. The number of primary amides is 1. The number of rotatable bonds is 6. The number of imide groups is 1. The van der Waals surface area contributed by atoms with E-state index < -0.39 is 17.2 Å². The van der Waals surface area contributed by atoms with Crippen molar-refractivity contribution in [2.24, 2.45) is 11.7 Å². The van der Waals surface area contributed by atoms with Crippen LogP contribution in [0.5, 0.6) is 0 Å². The Balaban J connectivity index is 2.30. The van der Waals surface area contributed by atoms with Crippen LogP contribution >= 0.6 is 11.8 Å². The number of aromatic nitrogens is 3. The van der Waals surface area contributed by atoms with E-state index in [2.05, 4.69) is 15.5 Å². The average molecular weight is 347 g/mol. The number of nitrogens with one attached hydrogen (secondary N) is 1. The van der Waals surface area contributed by atoms with Crippen LogP contribution in [0.1, 0.15) is 20.8 Å². The summed E-state index contributed by atoms with van der Waals surface area (Å²) in [5, 5.41) is 10.8. The first kappa shape index (κ1) is 18.0. The lowest BCUT2D eigenvalue weighted by molar-refractivity contribution is -0.120. The summed E-state index contributed by atoms with van der Waals surface area (Å²) in [6, 6.07) is 8.89. The van der Waals surface area contributed by atoms with Gasteiger partial charge in [0.1, 0.15) is 0 Å². The Morgan fingerprint density at radius 2 is 1.92 bits per heavy atom. The highest BCUT2D eigenvalue weighted by Crippen LogP contribution is 2.30. The summed E-state index contributed by atoms with van der Waals surface area (Å²) in [5.74, 6) is 0.323. The predicted octanol–water partition coefficient (Wildman–Crippen LogP) is 2.28. The topological polar surface area (TPSA) is 103 Å². The highest BCUT2D eigenvalue weighted by molar-refractivity contribution is 8.00. The number of carbonyl (C=O) groups excluding carboxylic acids is 2. The van der Waals surface area contributed by atoms with Crippen molar-refractivity contribution in [1.29, 1.82) is 0 Å². The molecule has 1 unspecified atom stereocenters. The van der Waals surface area contributed by atoms with Crippen LogP contribution < -0.4 is 11.1 Å². The van der Waals surface area contributed by atoms with Gasteiger partial charge in [0, 0.05) is 12.1 Å². The molecule has 2 rings (SSSR count). The lowest BCUT2D eigenvalue weighted by Gasteiger charge is -2.18. The molecule has 0 spiro atoms. The zero-order chi connectivity index (χ0) is 17.7. The fraction of sp³-hybridized carbons (Fsp3) is 0.375. The molecular formula is C16H21N5O2S. The van der Waals surface area contributed by atoms with Gasteiger partial charge in [-0.3, -0.25) is 10.1 Å². The third-order valence-corrected chi connectivity index (χ3v) is 4.93. The Bertz CT molecular complexity index is 715.